The van der Waals surface area contributed by atoms with E-state index in [2.05, 4.69) is 34.6 Å². The molecule has 2 aliphatic carbocycles. The quantitative estimate of drug-likeness (QED) is 0.676. The predicted molar refractivity (Wildman–Crippen MR) is 117 cm³/mol. The van der Waals surface area contributed by atoms with E-state index in [4.69, 9.17) is 0 Å². The zero-order valence-corrected chi connectivity index (χ0v) is 17.5. The fourth-order valence-electron chi connectivity index (χ4n) is 5.90. The van der Waals surface area contributed by atoms with Crippen molar-refractivity contribution in [2.24, 2.45) is 11.3 Å². The largest absolute Gasteiger partial charge is 0.372 e. The summed E-state index contributed by atoms with van der Waals surface area (Å²) in [5.74, 6) is 0.770. The Morgan fingerprint density at radius 2 is 1.61 bits per heavy atom. The van der Waals surface area contributed by atoms with Crippen LogP contribution in [-0.2, 0) is 0 Å². The lowest BCUT2D eigenvalue weighted by molar-refractivity contribution is 0.0523. The SMILES string of the molecule is CC1(C2CCCCC2)CCCCC1NC(=O)Nc1ccc(N2CCCC2)cc1. The Labute approximate surface area is 170 Å². The van der Waals surface area contributed by atoms with Gasteiger partial charge in [0.25, 0.3) is 0 Å². The van der Waals surface area contributed by atoms with Crippen LogP contribution in [0.15, 0.2) is 24.3 Å². The summed E-state index contributed by atoms with van der Waals surface area (Å²) in [5.41, 5.74) is 2.41. The van der Waals surface area contributed by atoms with Crippen molar-refractivity contribution in [1.82, 2.24) is 5.32 Å². The van der Waals surface area contributed by atoms with E-state index in [9.17, 15) is 4.79 Å². The number of rotatable bonds is 4. The average Bonchev–Trinajstić information content (AvgIpc) is 3.26. The van der Waals surface area contributed by atoms with Gasteiger partial charge in [-0.25, -0.2) is 4.79 Å². The number of anilines is 2. The molecular formula is C24H37N3O. The molecular weight excluding hydrogens is 346 g/mol. The van der Waals surface area contributed by atoms with Crippen LogP contribution in [0.2, 0.25) is 0 Å². The minimum Gasteiger partial charge on any atom is -0.372 e. The van der Waals surface area contributed by atoms with E-state index in [0.717, 1.165) is 31.1 Å². The maximum absolute atomic E-state index is 12.8. The second-order valence-electron chi connectivity index (χ2n) is 9.48. The summed E-state index contributed by atoms with van der Waals surface area (Å²) in [6.45, 7) is 4.74. The average molecular weight is 384 g/mol. The summed E-state index contributed by atoms with van der Waals surface area (Å²) in [4.78, 5) is 15.2. The van der Waals surface area contributed by atoms with Crippen LogP contribution in [0.4, 0.5) is 16.2 Å². The Kier molecular flexibility index (Phi) is 6.13. The summed E-state index contributed by atoms with van der Waals surface area (Å²) < 4.78 is 0. The van der Waals surface area contributed by atoms with E-state index >= 15 is 0 Å². The molecule has 1 saturated heterocycles. The van der Waals surface area contributed by atoms with Gasteiger partial charge in [0.2, 0.25) is 0 Å². The zero-order chi connectivity index (χ0) is 19.4. The number of hydrogen-bond acceptors (Lipinski definition) is 2. The molecule has 1 aromatic rings. The number of benzene rings is 1. The van der Waals surface area contributed by atoms with Gasteiger partial charge in [0.15, 0.2) is 0 Å². The molecule has 0 aromatic heterocycles. The van der Waals surface area contributed by atoms with Crippen LogP contribution in [0.3, 0.4) is 0 Å². The van der Waals surface area contributed by atoms with Gasteiger partial charge in [-0.2, -0.15) is 0 Å². The molecule has 4 nitrogen and oxygen atoms in total. The fourth-order valence-corrected chi connectivity index (χ4v) is 5.90. The summed E-state index contributed by atoms with van der Waals surface area (Å²) in [7, 11) is 0. The molecule has 154 valence electrons. The van der Waals surface area contributed by atoms with Crippen LogP contribution in [0, 0.1) is 11.3 Å². The molecule has 4 rings (SSSR count). The van der Waals surface area contributed by atoms with E-state index in [1.807, 2.05) is 12.1 Å². The van der Waals surface area contributed by atoms with Crippen LogP contribution in [-0.4, -0.2) is 25.2 Å². The summed E-state index contributed by atoms with van der Waals surface area (Å²) >= 11 is 0. The monoisotopic (exact) mass is 383 g/mol. The number of nitrogens with one attached hydrogen (secondary N) is 2. The first-order valence-electron chi connectivity index (χ1n) is 11.6. The lowest BCUT2D eigenvalue weighted by atomic mass is 9.60. The Morgan fingerprint density at radius 3 is 2.32 bits per heavy atom. The first kappa shape index (κ1) is 19.6. The molecule has 1 aromatic carbocycles. The third-order valence-electron chi connectivity index (χ3n) is 7.69. The standard InChI is InChI=1S/C24H37N3O/c1-24(19-9-3-2-4-10-19)16-6-5-11-22(24)26-23(28)25-20-12-14-21(15-13-20)27-17-7-8-18-27/h12-15,19,22H,2-11,16-18H2,1H3,(H2,25,26,28). The Hall–Kier alpha value is -1.71. The molecule has 0 bridgehead atoms. The van der Waals surface area contributed by atoms with E-state index in [0.29, 0.717) is 6.04 Å². The second-order valence-corrected chi connectivity index (χ2v) is 9.48. The van der Waals surface area contributed by atoms with Crippen molar-refractivity contribution in [2.45, 2.75) is 83.6 Å². The van der Waals surface area contributed by atoms with Crippen LogP contribution in [0.25, 0.3) is 0 Å². The number of nitrogens with zero attached hydrogens (tertiary/aromatic N) is 1. The highest BCUT2D eigenvalue weighted by molar-refractivity contribution is 5.89. The van der Waals surface area contributed by atoms with Crippen molar-refractivity contribution < 1.29 is 4.79 Å². The minimum atomic E-state index is -0.0390. The molecule has 2 N–H and O–H groups in total. The molecule has 1 aliphatic heterocycles. The molecule has 0 spiro atoms. The van der Waals surface area contributed by atoms with Crippen molar-refractivity contribution in [3.63, 3.8) is 0 Å². The third kappa shape index (κ3) is 4.31. The van der Waals surface area contributed by atoms with Crippen molar-refractivity contribution in [3.8, 4) is 0 Å². The molecule has 3 fully saturated rings. The smallest absolute Gasteiger partial charge is 0.319 e. The topological polar surface area (TPSA) is 44.4 Å². The van der Waals surface area contributed by atoms with Crippen LogP contribution in [0.1, 0.15) is 77.6 Å². The van der Waals surface area contributed by atoms with E-state index in [-0.39, 0.29) is 11.4 Å². The van der Waals surface area contributed by atoms with Gasteiger partial charge in [0.05, 0.1) is 0 Å². The Bertz CT molecular complexity index is 646. The summed E-state index contributed by atoms with van der Waals surface area (Å²) in [5, 5.41) is 6.44. The van der Waals surface area contributed by atoms with Gasteiger partial charge in [0.1, 0.15) is 0 Å². The molecule has 2 saturated carbocycles. The van der Waals surface area contributed by atoms with Gasteiger partial charge in [0, 0.05) is 30.5 Å². The van der Waals surface area contributed by atoms with E-state index in [1.54, 1.807) is 0 Å². The Balaban J connectivity index is 1.36. The summed E-state index contributed by atoms with van der Waals surface area (Å²) in [6, 6.07) is 8.60. The Morgan fingerprint density at radius 1 is 0.929 bits per heavy atom. The van der Waals surface area contributed by atoms with Crippen LogP contribution >= 0.6 is 0 Å². The maximum Gasteiger partial charge on any atom is 0.319 e. The highest BCUT2D eigenvalue weighted by Gasteiger charge is 2.43. The molecule has 28 heavy (non-hydrogen) atoms. The van der Waals surface area contributed by atoms with Gasteiger partial charge in [-0.05, 0) is 74.1 Å². The number of carbonyl (C=O) groups is 1. The van der Waals surface area contributed by atoms with Gasteiger partial charge in [-0.1, -0.05) is 39.0 Å². The predicted octanol–water partition coefficient (Wildman–Crippen LogP) is 5.94. The number of urea groups is 1. The molecule has 2 atom stereocenters. The zero-order valence-electron chi connectivity index (χ0n) is 17.5. The molecule has 2 unspecified atom stereocenters. The highest BCUT2D eigenvalue weighted by atomic mass is 16.2. The first-order valence-corrected chi connectivity index (χ1v) is 11.6. The fraction of sp³-hybridized carbons (Fsp3) is 0.708. The third-order valence-corrected chi connectivity index (χ3v) is 7.69. The van der Waals surface area contributed by atoms with Gasteiger partial charge in [-0.15, -0.1) is 0 Å². The van der Waals surface area contributed by atoms with Crippen molar-refractivity contribution >= 4 is 17.4 Å². The van der Waals surface area contributed by atoms with E-state index < -0.39 is 0 Å². The molecule has 4 heteroatoms. The first-order chi connectivity index (χ1) is 13.6. The van der Waals surface area contributed by atoms with Crippen molar-refractivity contribution in [3.05, 3.63) is 24.3 Å². The van der Waals surface area contributed by atoms with Crippen LogP contribution in [0.5, 0.6) is 0 Å². The summed E-state index contributed by atoms with van der Waals surface area (Å²) in [6.07, 6.45) is 14.3. The number of carbonyl (C=O) groups excluding carboxylic acids is 1. The molecule has 3 aliphatic rings. The molecule has 0 radical (unpaired) electrons. The van der Waals surface area contributed by atoms with Gasteiger partial charge < -0.3 is 15.5 Å². The minimum absolute atomic E-state index is 0.0390. The van der Waals surface area contributed by atoms with Gasteiger partial charge >= 0.3 is 6.03 Å². The van der Waals surface area contributed by atoms with Crippen LogP contribution < -0.4 is 15.5 Å². The van der Waals surface area contributed by atoms with Crippen molar-refractivity contribution in [2.75, 3.05) is 23.3 Å². The van der Waals surface area contributed by atoms with Crippen molar-refractivity contribution in [1.29, 1.82) is 0 Å². The lowest BCUT2D eigenvalue weighted by Gasteiger charge is -2.48. The van der Waals surface area contributed by atoms with E-state index in [1.165, 1.54) is 69.9 Å². The maximum atomic E-state index is 12.8. The molecule has 1 heterocycles. The lowest BCUT2D eigenvalue weighted by Crippen LogP contribution is -2.53. The second kappa shape index (κ2) is 8.75. The number of hydrogen-bond donors (Lipinski definition) is 2. The normalized spacial score (nSPS) is 28.9. The van der Waals surface area contributed by atoms with Gasteiger partial charge in [-0.3, -0.25) is 0 Å². The highest BCUT2D eigenvalue weighted by Crippen LogP contribution is 2.48. The number of amides is 2. The molecule has 2 amide bonds.